The Kier molecular flexibility index (Phi) is 4.01. The lowest BCUT2D eigenvalue weighted by Gasteiger charge is -2.11. The highest BCUT2D eigenvalue weighted by Crippen LogP contribution is 2.26. The minimum atomic E-state index is -0.347. The second-order valence-electron chi connectivity index (χ2n) is 4.19. The molecule has 6 heteroatoms. The lowest BCUT2D eigenvalue weighted by atomic mass is 10.2. The van der Waals surface area contributed by atoms with Gasteiger partial charge in [0.1, 0.15) is 12.2 Å². The number of nitriles is 1. The first-order valence-corrected chi connectivity index (χ1v) is 6.00. The number of nitrogens with zero attached hydrogens (tertiary/aromatic N) is 3. The number of ether oxygens (including phenoxy) is 1. The highest BCUT2D eigenvalue weighted by molar-refractivity contribution is 5.92. The molecule has 0 aliphatic rings. The Balaban J connectivity index is 2.29. The van der Waals surface area contributed by atoms with Gasteiger partial charge in [0.2, 0.25) is 5.91 Å². The highest BCUT2D eigenvalue weighted by Gasteiger charge is 2.08. The second-order valence-corrected chi connectivity index (χ2v) is 4.19. The molecule has 0 unspecified atom stereocenters. The maximum Gasteiger partial charge on any atom is 0.238 e. The molecule has 1 N–H and O–H groups in total. The van der Waals surface area contributed by atoms with E-state index < -0.39 is 0 Å². The largest absolute Gasteiger partial charge is 0.494 e. The van der Waals surface area contributed by atoms with Crippen LogP contribution in [0.1, 0.15) is 12.1 Å². The average Bonchev–Trinajstić information content (AvgIpc) is 2.85. The van der Waals surface area contributed by atoms with Crippen LogP contribution in [0.25, 0.3) is 5.69 Å². The van der Waals surface area contributed by atoms with Crippen molar-refractivity contribution in [3.8, 4) is 17.5 Å². The Morgan fingerprint density at radius 3 is 2.95 bits per heavy atom. The van der Waals surface area contributed by atoms with Crippen molar-refractivity contribution < 1.29 is 9.53 Å². The quantitative estimate of drug-likeness (QED) is 0.922. The number of carbonyl (C=O) groups excluding carboxylic acids is 1. The number of aromatic nitrogens is 2. The van der Waals surface area contributed by atoms with E-state index in [2.05, 4.69) is 10.3 Å². The molecule has 1 aromatic carbocycles. The fraction of sp³-hybridized carbons (Fsp3) is 0.214. The second kappa shape index (κ2) is 5.89. The third-order valence-corrected chi connectivity index (χ3v) is 2.69. The minimum Gasteiger partial charge on any atom is -0.494 e. The molecular weight excluding hydrogens is 256 g/mol. The van der Waals surface area contributed by atoms with E-state index in [0.717, 1.165) is 11.4 Å². The Labute approximate surface area is 116 Å². The van der Waals surface area contributed by atoms with Gasteiger partial charge < -0.3 is 14.6 Å². The predicted molar refractivity (Wildman–Crippen MR) is 73.7 cm³/mol. The first-order valence-electron chi connectivity index (χ1n) is 6.00. The fourth-order valence-electron chi connectivity index (χ4n) is 1.80. The van der Waals surface area contributed by atoms with Crippen LogP contribution in [0.15, 0.2) is 30.7 Å². The van der Waals surface area contributed by atoms with Crippen LogP contribution in [0.2, 0.25) is 0 Å². The number of rotatable bonds is 4. The number of hydrogen-bond acceptors (Lipinski definition) is 4. The van der Waals surface area contributed by atoms with Crippen LogP contribution >= 0.6 is 0 Å². The average molecular weight is 270 g/mol. The molecule has 6 nitrogen and oxygen atoms in total. The molecule has 0 aliphatic carbocycles. The van der Waals surface area contributed by atoms with E-state index in [1.807, 2.05) is 23.8 Å². The molecule has 0 saturated heterocycles. The predicted octanol–water partition coefficient (Wildman–Crippen LogP) is 2.04. The number of anilines is 1. The monoisotopic (exact) mass is 270 g/mol. The van der Waals surface area contributed by atoms with Crippen LogP contribution in [0.5, 0.6) is 5.75 Å². The van der Waals surface area contributed by atoms with Gasteiger partial charge in [-0.2, -0.15) is 5.26 Å². The van der Waals surface area contributed by atoms with Crippen molar-refractivity contribution in [2.45, 2.75) is 13.3 Å². The first kappa shape index (κ1) is 13.6. The Bertz CT molecular complexity index is 670. The van der Waals surface area contributed by atoms with Crippen molar-refractivity contribution in [1.29, 1.82) is 5.26 Å². The molecule has 1 amide bonds. The topological polar surface area (TPSA) is 79.9 Å². The molecule has 0 aliphatic heterocycles. The number of amides is 1. The maximum atomic E-state index is 11.4. The fourth-order valence-corrected chi connectivity index (χ4v) is 1.80. The van der Waals surface area contributed by atoms with Crippen molar-refractivity contribution in [3.05, 3.63) is 36.4 Å². The van der Waals surface area contributed by atoms with Crippen LogP contribution < -0.4 is 10.1 Å². The van der Waals surface area contributed by atoms with Crippen LogP contribution in [-0.2, 0) is 4.79 Å². The van der Waals surface area contributed by atoms with E-state index in [9.17, 15) is 4.79 Å². The van der Waals surface area contributed by atoms with Crippen molar-refractivity contribution in [1.82, 2.24) is 9.55 Å². The molecule has 20 heavy (non-hydrogen) atoms. The third kappa shape index (κ3) is 2.95. The molecular formula is C14H14N4O2. The van der Waals surface area contributed by atoms with E-state index in [1.165, 1.54) is 0 Å². The van der Waals surface area contributed by atoms with Crippen molar-refractivity contribution in [3.63, 3.8) is 0 Å². The molecule has 0 saturated carbocycles. The van der Waals surface area contributed by atoms with Gasteiger partial charge in [-0.25, -0.2) is 4.98 Å². The van der Waals surface area contributed by atoms with Gasteiger partial charge >= 0.3 is 0 Å². The zero-order chi connectivity index (χ0) is 14.5. The van der Waals surface area contributed by atoms with Crippen molar-refractivity contribution in [2.75, 3.05) is 12.4 Å². The van der Waals surface area contributed by atoms with Gasteiger partial charge in [0, 0.05) is 18.0 Å². The summed E-state index contributed by atoms with van der Waals surface area (Å²) in [4.78, 5) is 15.5. The summed E-state index contributed by atoms with van der Waals surface area (Å²) in [7, 11) is 1.56. The van der Waals surface area contributed by atoms with Gasteiger partial charge in [-0.15, -0.1) is 0 Å². The normalized spacial score (nSPS) is 9.85. The van der Waals surface area contributed by atoms with Crippen molar-refractivity contribution >= 4 is 11.6 Å². The van der Waals surface area contributed by atoms with E-state index in [4.69, 9.17) is 10.00 Å². The number of nitrogens with one attached hydrogen (secondary N) is 1. The van der Waals surface area contributed by atoms with E-state index in [1.54, 1.807) is 31.6 Å². The highest BCUT2D eigenvalue weighted by atomic mass is 16.5. The van der Waals surface area contributed by atoms with E-state index >= 15 is 0 Å². The lowest BCUT2D eigenvalue weighted by molar-refractivity contribution is -0.115. The van der Waals surface area contributed by atoms with Gasteiger partial charge in [-0.1, -0.05) is 0 Å². The van der Waals surface area contributed by atoms with Crippen molar-refractivity contribution in [2.24, 2.45) is 0 Å². The number of carbonyl (C=O) groups is 1. The summed E-state index contributed by atoms with van der Waals surface area (Å²) < 4.78 is 7.17. The molecule has 0 radical (unpaired) electrons. The smallest absolute Gasteiger partial charge is 0.238 e. The van der Waals surface area contributed by atoms with Gasteiger partial charge in [0.15, 0.2) is 0 Å². The lowest BCUT2D eigenvalue weighted by Crippen LogP contribution is -2.10. The van der Waals surface area contributed by atoms with Gasteiger partial charge in [-0.3, -0.25) is 4.79 Å². The summed E-state index contributed by atoms with van der Waals surface area (Å²) in [5.41, 5.74) is 2.31. The molecule has 102 valence electrons. The number of hydrogen-bond donors (Lipinski definition) is 1. The Hall–Kier alpha value is -2.81. The Morgan fingerprint density at radius 2 is 2.35 bits per heavy atom. The van der Waals surface area contributed by atoms with Crippen LogP contribution in [0, 0.1) is 18.3 Å². The van der Waals surface area contributed by atoms with Gasteiger partial charge in [-0.05, 0) is 19.1 Å². The molecule has 0 atom stereocenters. The summed E-state index contributed by atoms with van der Waals surface area (Å²) in [5, 5.41) is 11.1. The molecule has 2 aromatic rings. The molecule has 0 bridgehead atoms. The third-order valence-electron chi connectivity index (χ3n) is 2.69. The number of methoxy groups -OCH3 is 1. The number of benzene rings is 1. The maximum absolute atomic E-state index is 11.4. The molecule has 1 heterocycles. The summed E-state index contributed by atoms with van der Waals surface area (Å²) >= 11 is 0. The van der Waals surface area contributed by atoms with E-state index in [0.29, 0.717) is 11.4 Å². The van der Waals surface area contributed by atoms with Crippen LogP contribution in [-0.4, -0.2) is 22.6 Å². The molecule has 2 rings (SSSR count). The summed E-state index contributed by atoms with van der Waals surface area (Å²) in [6.45, 7) is 1.90. The summed E-state index contributed by atoms with van der Waals surface area (Å²) in [6.07, 6.45) is 3.40. The first-order chi connectivity index (χ1) is 9.63. The standard InChI is InChI=1S/C14H14N4O2/c1-10-8-18(9-16-10)12-4-3-11(7-13(12)20-2)17-14(19)5-6-15/h3-4,7-9H,5H2,1-2H3,(H,17,19). The zero-order valence-electron chi connectivity index (χ0n) is 11.3. The zero-order valence-corrected chi connectivity index (χ0v) is 11.3. The van der Waals surface area contributed by atoms with Gasteiger partial charge in [0.05, 0.1) is 30.9 Å². The van der Waals surface area contributed by atoms with Crippen LogP contribution in [0.3, 0.4) is 0 Å². The molecule has 0 fully saturated rings. The van der Waals surface area contributed by atoms with E-state index in [-0.39, 0.29) is 12.3 Å². The molecule has 1 aromatic heterocycles. The number of aryl methyl sites for hydroxylation is 1. The molecule has 0 spiro atoms. The summed E-state index contributed by atoms with van der Waals surface area (Å²) in [6, 6.07) is 7.08. The number of imidazole rings is 1. The minimum absolute atomic E-state index is 0.176. The van der Waals surface area contributed by atoms with Crippen LogP contribution in [0.4, 0.5) is 5.69 Å². The summed E-state index contributed by atoms with van der Waals surface area (Å²) in [5.74, 6) is 0.262. The Morgan fingerprint density at radius 1 is 1.55 bits per heavy atom. The SMILES string of the molecule is COc1cc(NC(=O)CC#N)ccc1-n1cnc(C)c1. The van der Waals surface area contributed by atoms with Gasteiger partial charge in [0.25, 0.3) is 0 Å².